The molecule has 2 aromatic rings. The number of carbonyl (C=O) groups is 1. The number of aromatic nitrogens is 3. The van der Waals surface area contributed by atoms with Gasteiger partial charge in [0.25, 0.3) is 5.92 Å². The maximum absolute atomic E-state index is 14.9. The van der Waals surface area contributed by atoms with Crippen molar-refractivity contribution in [3.05, 3.63) is 34.6 Å². The quantitative estimate of drug-likeness (QED) is 0.464. The van der Waals surface area contributed by atoms with E-state index in [2.05, 4.69) is 25.6 Å². The van der Waals surface area contributed by atoms with Gasteiger partial charge in [-0.2, -0.15) is 4.98 Å². The molecule has 3 heterocycles. The largest absolute Gasteiger partial charge is 0.480 e. The van der Waals surface area contributed by atoms with Crippen LogP contribution in [-0.4, -0.2) is 68.6 Å². The lowest BCUT2D eigenvalue weighted by Crippen LogP contribution is -2.56. The molecule has 1 amide bonds. The van der Waals surface area contributed by atoms with Crippen molar-refractivity contribution in [2.75, 3.05) is 30.8 Å². The summed E-state index contributed by atoms with van der Waals surface area (Å²) in [5.41, 5.74) is -1.03. The van der Waals surface area contributed by atoms with Gasteiger partial charge in [0, 0.05) is 12.7 Å². The van der Waals surface area contributed by atoms with Gasteiger partial charge >= 0.3 is 11.8 Å². The Labute approximate surface area is 193 Å². The number of likely N-dealkylation sites (tertiary alicyclic amines) is 1. The number of alkyl halides is 2. The van der Waals surface area contributed by atoms with E-state index in [1.807, 2.05) is 0 Å². The molecule has 2 aromatic heterocycles. The summed E-state index contributed by atoms with van der Waals surface area (Å²) in [6, 6.07) is 1.72. The van der Waals surface area contributed by atoms with Gasteiger partial charge in [-0.05, 0) is 39.3 Å². The standard InChI is InChI=1S/C20H25F2N7O5/c1-19(2,3)34-18(30)28-9-7-14(20(21,22)11-28)26-15-13(29(31)32)10-24-17(27-15)25-12-6-5-8-23-16(12)33-4/h5-6,8,10,14H,7,9,11H2,1-4H3,(H2,24,25,26,27). The van der Waals surface area contributed by atoms with E-state index in [0.717, 1.165) is 11.1 Å². The number of halogens is 2. The van der Waals surface area contributed by atoms with Crippen molar-refractivity contribution in [2.45, 2.75) is 44.8 Å². The minimum Gasteiger partial charge on any atom is -0.480 e. The van der Waals surface area contributed by atoms with Crippen LogP contribution in [0.2, 0.25) is 0 Å². The van der Waals surface area contributed by atoms with Gasteiger partial charge in [0.05, 0.1) is 24.6 Å². The van der Waals surface area contributed by atoms with Crippen LogP contribution in [0.3, 0.4) is 0 Å². The smallest absolute Gasteiger partial charge is 0.410 e. The zero-order valence-corrected chi connectivity index (χ0v) is 19.0. The van der Waals surface area contributed by atoms with Crippen molar-refractivity contribution in [3.8, 4) is 5.88 Å². The van der Waals surface area contributed by atoms with Crippen LogP contribution < -0.4 is 15.4 Å². The summed E-state index contributed by atoms with van der Waals surface area (Å²) in [7, 11) is 1.41. The van der Waals surface area contributed by atoms with Gasteiger partial charge in [-0.1, -0.05) is 0 Å². The van der Waals surface area contributed by atoms with Crippen molar-refractivity contribution in [1.82, 2.24) is 19.9 Å². The number of anilines is 3. The summed E-state index contributed by atoms with van der Waals surface area (Å²) >= 11 is 0. The van der Waals surface area contributed by atoms with E-state index in [1.165, 1.54) is 13.3 Å². The van der Waals surface area contributed by atoms with E-state index in [4.69, 9.17) is 9.47 Å². The third kappa shape index (κ3) is 5.94. The molecule has 1 atom stereocenters. The number of amides is 1. The highest BCUT2D eigenvalue weighted by atomic mass is 19.3. The van der Waals surface area contributed by atoms with Crippen LogP contribution >= 0.6 is 0 Å². The maximum Gasteiger partial charge on any atom is 0.410 e. The van der Waals surface area contributed by atoms with Gasteiger partial charge in [-0.15, -0.1) is 0 Å². The first-order valence-corrected chi connectivity index (χ1v) is 10.3. The fourth-order valence-corrected chi connectivity index (χ4v) is 3.21. The Balaban J connectivity index is 1.80. The molecule has 0 aliphatic carbocycles. The van der Waals surface area contributed by atoms with Crippen LogP contribution in [0.5, 0.6) is 5.88 Å². The van der Waals surface area contributed by atoms with Crippen LogP contribution in [0, 0.1) is 10.1 Å². The maximum atomic E-state index is 14.9. The zero-order valence-electron chi connectivity index (χ0n) is 19.0. The molecule has 3 rings (SSSR count). The fraction of sp³-hybridized carbons (Fsp3) is 0.500. The van der Waals surface area contributed by atoms with E-state index in [9.17, 15) is 23.7 Å². The summed E-state index contributed by atoms with van der Waals surface area (Å²) < 4.78 is 40.1. The third-order valence-corrected chi connectivity index (χ3v) is 4.74. The summed E-state index contributed by atoms with van der Waals surface area (Å²) in [5.74, 6) is -3.66. The van der Waals surface area contributed by atoms with Gasteiger partial charge in [0.2, 0.25) is 17.6 Å². The molecule has 2 N–H and O–H groups in total. The molecule has 1 saturated heterocycles. The van der Waals surface area contributed by atoms with Crippen molar-refractivity contribution >= 4 is 29.2 Å². The van der Waals surface area contributed by atoms with Crippen LogP contribution in [0.25, 0.3) is 0 Å². The molecular weight excluding hydrogens is 456 g/mol. The Hall–Kier alpha value is -3.84. The molecular formula is C20H25F2N7O5. The Bertz CT molecular complexity index is 1060. The van der Waals surface area contributed by atoms with Crippen LogP contribution in [0.4, 0.5) is 36.7 Å². The van der Waals surface area contributed by atoms with E-state index >= 15 is 0 Å². The highest BCUT2D eigenvalue weighted by Crippen LogP contribution is 2.33. The molecule has 0 spiro atoms. The van der Waals surface area contributed by atoms with Crippen LogP contribution in [0.15, 0.2) is 24.5 Å². The van der Waals surface area contributed by atoms with Crippen LogP contribution in [0.1, 0.15) is 27.2 Å². The summed E-state index contributed by atoms with van der Waals surface area (Å²) in [6.07, 6.45) is 1.37. The summed E-state index contributed by atoms with van der Waals surface area (Å²) in [4.78, 5) is 35.7. The molecule has 0 saturated carbocycles. The van der Waals surface area contributed by atoms with Gasteiger partial charge in [-0.3, -0.25) is 10.1 Å². The van der Waals surface area contributed by atoms with Crippen molar-refractivity contribution < 1.29 is 28.0 Å². The molecule has 0 bridgehead atoms. The van der Waals surface area contributed by atoms with Crippen molar-refractivity contribution in [1.29, 1.82) is 0 Å². The molecule has 1 aliphatic rings. The Morgan fingerprint density at radius 2 is 2.09 bits per heavy atom. The van der Waals surface area contributed by atoms with E-state index in [0.29, 0.717) is 5.69 Å². The molecule has 34 heavy (non-hydrogen) atoms. The SMILES string of the molecule is COc1ncccc1Nc1ncc([N+](=O)[O-])c(NC2CCN(C(=O)OC(C)(C)C)CC2(F)F)n1. The zero-order chi connectivity index (χ0) is 25.1. The third-order valence-electron chi connectivity index (χ3n) is 4.74. The highest BCUT2D eigenvalue weighted by molar-refractivity contribution is 5.68. The molecule has 12 nitrogen and oxygen atoms in total. The minimum absolute atomic E-state index is 0.0287. The molecule has 184 valence electrons. The molecule has 1 aliphatic heterocycles. The average Bonchev–Trinajstić information content (AvgIpc) is 2.74. The lowest BCUT2D eigenvalue weighted by Gasteiger charge is -2.39. The number of rotatable bonds is 6. The van der Waals surface area contributed by atoms with Crippen molar-refractivity contribution in [2.24, 2.45) is 0 Å². The van der Waals surface area contributed by atoms with Gasteiger partial charge in [0.15, 0.2) is 0 Å². The van der Waals surface area contributed by atoms with Crippen LogP contribution in [-0.2, 0) is 4.74 Å². The number of ether oxygens (including phenoxy) is 2. The number of hydrogen-bond acceptors (Lipinski definition) is 10. The number of nitro groups is 1. The first kappa shape index (κ1) is 24.8. The van der Waals surface area contributed by atoms with Crippen molar-refractivity contribution in [3.63, 3.8) is 0 Å². The highest BCUT2D eigenvalue weighted by Gasteiger charge is 2.47. The Morgan fingerprint density at radius 1 is 1.35 bits per heavy atom. The molecule has 0 aromatic carbocycles. The average molecular weight is 481 g/mol. The van der Waals surface area contributed by atoms with Gasteiger partial charge in [0.1, 0.15) is 17.5 Å². The fourth-order valence-electron chi connectivity index (χ4n) is 3.21. The second-order valence-corrected chi connectivity index (χ2v) is 8.52. The van der Waals surface area contributed by atoms with E-state index in [-0.39, 0.29) is 30.6 Å². The lowest BCUT2D eigenvalue weighted by molar-refractivity contribution is -0.384. The number of nitrogens with zero attached hydrogens (tertiary/aromatic N) is 5. The second-order valence-electron chi connectivity index (χ2n) is 8.52. The predicted molar refractivity (Wildman–Crippen MR) is 118 cm³/mol. The van der Waals surface area contributed by atoms with Gasteiger partial charge in [-0.25, -0.2) is 23.5 Å². The number of nitrogens with one attached hydrogen (secondary N) is 2. The number of hydrogen-bond donors (Lipinski definition) is 2. The monoisotopic (exact) mass is 481 g/mol. The summed E-state index contributed by atoms with van der Waals surface area (Å²) in [6.45, 7) is 3.98. The minimum atomic E-state index is -3.41. The number of methoxy groups -OCH3 is 1. The van der Waals surface area contributed by atoms with Gasteiger partial charge < -0.3 is 25.0 Å². The molecule has 0 radical (unpaired) electrons. The normalized spacial score (nSPS) is 17.6. The first-order chi connectivity index (χ1) is 15.9. The Morgan fingerprint density at radius 3 is 2.71 bits per heavy atom. The topological polar surface area (TPSA) is 145 Å². The molecule has 1 fully saturated rings. The molecule has 14 heteroatoms. The lowest BCUT2D eigenvalue weighted by atomic mass is 10.0. The Kier molecular flexibility index (Phi) is 6.98. The number of carbonyl (C=O) groups excluding carboxylic acids is 1. The summed E-state index contributed by atoms with van der Waals surface area (Å²) in [5, 5.41) is 16.7. The first-order valence-electron chi connectivity index (χ1n) is 10.3. The second kappa shape index (κ2) is 9.57. The number of piperidine rings is 1. The van der Waals surface area contributed by atoms with E-state index < -0.39 is 40.8 Å². The molecule has 1 unspecified atom stereocenters. The predicted octanol–water partition coefficient (Wildman–Crippen LogP) is 3.59. The van der Waals surface area contributed by atoms with E-state index in [1.54, 1.807) is 32.9 Å². The number of pyridine rings is 1.